The molecule has 3 aliphatic rings. The minimum atomic E-state index is 0. The Morgan fingerprint density at radius 2 is 1.96 bits per heavy atom. The van der Waals surface area contributed by atoms with Gasteiger partial charge in [-0.3, -0.25) is 14.7 Å². The van der Waals surface area contributed by atoms with Crippen LogP contribution in [0.15, 0.2) is 4.99 Å². The number of nitrogens with one attached hydrogen (secondary N) is 1. The molecule has 3 rings (SSSR count). The van der Waals surface area contributed by atoms with E-state index in [1.165, 1.54) is 6.42 Å². The molecule has 162 valence electrons. The number of halogens is 1. The second kappa shape index (κ2) is 12.2. The molecule has 0 aromatic heterocycles. The monoisotopic (exact) mass is 507 g/mol. The molecule has 2 heterocycles. The quantitative estimate of drug-likeness (QED) is 0.322. The van der Waals surface area contributed by atoms with Gasteiger partial charge in [0, 0.05) is 71.3 Å². The SMILES string of the molecule is CCNC(=NCCN1CCN(C(=O)C2CCC2)CC1)N(C)CC1CCOC1.I. The number of carbonyl (C=O) groups is 1. The van der Waals surface area contributed by atoms with Gasteiger partial charge in [0.15, 0.2) is 5.96 Å². The minimum absolute atomic E-state index is 0. The summed E-state index contributed by atoms with van der Waals surface area (Å²) in [7, 11) is 2.12. The molecular formula is C20H38IN5O2. The first-order valence-electron chi connectivity index (χ1n) is 10.8. The first-order chi connectivity index (χ1) is 13.2. The molecule has 0 aromatic carbocycles. The van der Waals surface area contributed by atoms with Crippen molar-refractivity contribution in [1.29, 1.82) is 0 Å². The topological polar surface area (TPSA) is 60.4 Å². The number of hydrogen-bond donors (Lipinski definition) is 1. The second-order valence-corrected chi connectivity index (χ2v) is 8.14. The lowest BCUT2D eigenvalue weighted by molar-refractivity contribution is -0.139. The molecule has 1 saturated carbocycles. The molecule has 1 amide bonds. The average molecular weight is 507 g/mol. The van der Waals surface area contributed by atoms with E-state index in [2.05, 4.69) is 34.0 Å². The van der Waals surface area contributed by atoms with Gasteiger partial charge < -0.3 is 19.9 Å². The van der Waals surface area contributed by atoms with Crippen molar-refractivity contribution in [2.45, 2.75) is 32.6 Å². The van der Waals surface area contributed by atoms with Gasteiger partial charge in [-0.05, 0) is 26.2 Å². The van der Waals surface area contributed by atoms with Crippen molar-refractivity contribution >= 4 is 35.8 Å². The fourth-order valence-corrected chi connectivity index (χ4v) is 4.07. The molecule has 7 nitrogen and oxygen atoms in total. The number of amides is 1. The normalized spacial score (nSPS) is 23.9. The van der Waals surface area contributed by atoms with E-state index in [9.17, 15) is 4.79 Å². The molecule has 0 aromatic rings. The molecule has 1 atom stereocenters. The summed E-state index contributed by atoms with van der Waals surface area (Å²) in [6, 6.07) is 0. The lowest BCUT2D eigenvalue weighted by atomic mass is 9.84. The second-order valence-electron chi connectivity index (χ2n) is 8.14. The summed E-state index contributed by atoms with van der Waals surface area (Å²) in [4.78, 5) is 23.9. The Hall–Kier alpha value is -0.610. The van der Waals surface area contributed by atoms with E-state index in [1.54, 1.807) is 0 Å². The number of ether oxygens (including phenoxy) is 1. The summed E-state index contributed by atoms with van der Waals surface area (Å²) in [5.74, 6) is 2.32. The lowest BCUT2D eigenvalue weighted by Crippen LogP contribution is -2.51. The van der Waals surface area contributed by atoms with E-state index < -0.39 is 0 Å². The third kappa shape index (κ3) is 6.73. The number of carbonyl (C=O) groups excluding carboxylic acids is 1. The molecule has 3 fully saturated rings. The van der Waals surface area contributed by atoms with Gasteiger partial charge >= 0.3 is 0 Å². The lowest BCUT2D eigenvalue weighted by Gasteiger charge is -2.38. The molecular weight excluding hydrogens is 469 g/mol. The molecule has 1 N–H and O–H groups in total. The Morgan fingerprint density at radius 1 is 1.21 bits per heavy atom. The van der Waals surface area contributed by atoms with Crippen molar-refractivity contribution in [3.8, 4) is 0 Å². The van der Waals surface area contributed by atoms with Crippen molar-refractivity contribution in [2.75, 3.05) is 72.6 Å². The molecule has 0 bridgehead atoms. The van der Waals surface area contributed by atoms with E-state index in [0.29, 0.717) is 17.7 Å². The summed E-state index contributed by atoms with van der Waals surface area (Å²) in [5, 5.41) is 3.41. The standard InChI is InChI=1S/C20H37N5O2.HI/c1-3-21-20(23(2)15-17-7-14-27-16-17)22-8-9-24-10-12-25(13-11-24)19(26)18-5-4-6-18;/h17-18H,3-16H2,1-2H3,(H,21,22);1H. The van der Waals surface area contributed by atoms with E-state index in [4.69, 9.17) is 9.73 Å². The van der Waals surface area contributed by atoms with Crippen LogP contribution in [0.3, 0.4) is 0 Å². The zero-order valence-corrected chi connectivity index (χ0v) is 19.9. The third-order valence-electron chi connectivity index (χ3n) is 6.07. The summed E-state index contributed by atoms with van der Waals surface area (Å²) in [5.41, 5.74) is 0. The molecule has 0 radical (unpaired) electrons. The van der Waals surface area contributed by atoms with Gasteiger partial charge in [0.25, 0.3) is 0 Å². The van der Waals surface area contributed by atoms with Crippen molar-refractivity contribution in [2.24, 2.45) is 16.8 Å². The third-order valence-corrected chi connectivity index (χ3v) is 6.07. The number of hydrogen-bond acceptors (Lipinski definition) is 4. The van der Waals surface area contributed by atoms with Crippen molar-refractivity contribution in [1.82, 2.24) is 20.0 Å². The molecule has 1 aliphatic carbocycles. The highest BCUT2D eigenvalue weighted by Gasteiger charge is 2.31. The predicted octanol–water partition coefficient (Wildman–Crippen LogP) is 1.48. The molecule has 2 saturated heterocycles. The minimum Gasteiger partial charge on any atom is -0.381 e. The molecule has 8 heteroatoms. The first kappa shape index (κ1) is 23.7. The van der Waals surface area contributed by atoms with Crippen LogP contribution in [0, 0.1) is 11.8 Å². The van der Waals surface area contributed by atoms with Crippen molar-refractivity contribution < 1.29 is 9.53 Å². The number of aliphatic imine (C=N–C) groups is 1. The summed E-state index contributed by atoms with van der Waals surface area (Å²) in [6.45, 7) is 11.2. The predicted molar refractivity (Wildman–Crippen MR) is 123 cm³/mol. The van der Waals surface area contributed by atoms with Crippen LogP contribution >= 0.6 is 24.0 Å². The van der Waals surface area contributed by atoms with E-state index >= 15 is 0 Å². The van der Waals surface area contributed by atoms with Gasteiger partial charge in [0.05, 0.1) is 13.2 Å². The Labute approximate surface area is 187 Å². The fraction of sp³-hybridized carbons (Fsp3) is 0.900. The highest BCUT2D eigenvalue weighted by Crippen LogP contribution is 2.28. The maximum atomic E-state index is 12.3. The average Bonchev–Trinajstić information content (AvgIpc) is 3.13. The van der Waals surface area contributed by atoms with E-state index in [0.717, 1.165) is 90.8 Å². The Kier molecular flexibility index (Phi) is 10.3. The Morgan fingerprint density at radius 3 is 2.54 bits per heavy atom. The summed E-state index contributed by atoms with van der Waals surface area (Å²) < 4.78 is 5.49. The maximum Gasteiger partial charge on any atom is 0.225 e. The van der Waals surface area contributed by atoms with Gasteiger partial charge in [-0.1, -0.05) is 6.42 Å². The van der Waals surface area contributed by atoms with Gasteiger partial charge in [-0.25, -0.2) is 0 Å². The van der Waals surface area contributed by atoms with Gasteiger partial charge in [-0.2, -0.15) is 0 Å². The first-order valence-corrected chi connectivity index (χ1v) is 10.8. The van der Waals surface area contributed by atoms with E-state index in [-0.39, 0.29) is 24.0 Å². The van der Waals surface area contributed by atoms with Crippen LogP contribution in [0.2, 0.25) is 0 Å². The van der Waals surface area contributed by atoms with Crippen LogP contribution in [0.5, 0.6) is 0 Å². The highest BCUT2D eigenvalue weighted by molar-refractivity contribution is 14.0. The van der Waals surface area contributed by atoms with Crippen LogP contribution in [0.1, 0.15) is 32.6 Å². The summed E-state index contributed by atoms with van der Waals surface area (Å²) >= 11 is 0. The number of piperazine rings is 1. The largest absolute Gasteiger partial charge is 0.381 e. The number of guanidine groups is 1. The van der Waals surface area contributed by atoms with Crippen molar-refractivity contribution in [3.05, 3.63) is 0 Å². The molecule has 1 unspecified atom stereocenters. The number of rotatable bonds is 7. The number of nitrogens with zero attached hydrogens (tertiary/aromatic N) is 4. The molecule has 0 spiro atoms. The smallest absolute Gasteiger partial charge is 0.225 e. The van der Waals surface area contributed by atoms with Crippen LogP contribution in [0.25, 0.3) is 0 Å². The van der Waals surface area contributed by atoms with Gasteiger partial charge in [0.2, 0.25) is 5.91 Å². The van der Waals surface area contributed by atoms with Crippen LogP contribution in [-0.2, 0) is 9.53 Å². The van der Waals surface area contributed by atoms with Crippen LogP contribution in [-0.4, -0.2) is 99.2 Å². The highest BCUT2D eigenvalue weighted by atomic mass is 127. The molecule has 28 heavy (non-hydrogen) atoms. The summed E-state index contributed by atoms with van der Waals surface area (Å²) in [6.07, 6.45) is 4.57. The Balaban J connectivity index is 0.00000280. The van der Waals surface area contributed by atoms with Crippen molar-refractivity contribution in [3.63, 3.8) is 0 Å². The van der Waals surface area contributed by atoms with Gasteiger partial charge in [-0.15, -0.1) is 24.0 Å². The fourth-order valence-electron chi connectivity index (χ4n) is 4.07. The van der Waals surface area contributed by atoms with E-state index in [1.807, 2.05) is 0 Å². The zero-order chi connectivity index (χ0) is 19.1. The molecule has 2 aliphatic heterocycles. The maximum absolute atomic E-state index is 12.3. The zero-order valence-electron chi connectivity index (χ0n) is 17.6. The van der Waals surface area contributed by atoms with Gasteiger partial charge in [0.1, 0.15) is 0 Å². The van der Waals surface area contributed by atoms with Crippen LogP contribution < -0.4 is 5.32 Å². The Bertz CT molecular complexity index is 501. The van der Waals surface area contributed by atoms with Crippen LogP contribution in [0.4, 0.5) is 0 Å².